The second-order valence-corrected chi connectivity index (χ2v) is 7.11. The summed E-state index contributed by atoms with van der Waals surface area (Å²) in [6, 6.07) is 1.83. The third kappa shape index (κ3) is 5.12. The summed E-state index contributed by atoms with van der Waals surface area (Å²) in [5, 5.41) is 3.21. The monoisotopic (exact) mass is 341 g/mol. The fourth-order valence-corrected chi connectivity index (χ4v) is 2.31. The van der Waals surface area contributed by atoms with E-state index in [-0.39, 0.29) is 11.3 Å². The highest BCUT2D eigenvalue weighted by Gasteiger charge is 2.21. The average molecular weight is 342 g/mol. The number of halogens is 1. The lowest BCUT2D eigenvalue weighted by molar-refractivity contribution is 0.0746. The summed E-state index contributed by atoms with van der Waals surface area (Å²) in [5.74, 6) is 0.646. The quantitative estimate of drug-likeness (QED) is 0.886. The van der Waals surface area contributed by atoms with Gasteiger partial charge < -0.3 is 10.2 Å². The predicted octanol–water partition coefficient (Wildman–Crippen LogP) is 3.78. The summed E-state index contributed by atoms with van der Waals surface area (Å²) >= 11 is 3.38. The summed E-state index contributed by atoms with van der Waals surface area (Å²) in [7, 11) is 1.83. The summed E-state index contributed by atoms with van der Waals surface area (Å²) < 4.78 is 0.812. The average Bonchev–Trinajstić information content (AvgIpc) is 2.34. The van der Waals surface area contributed by atoms with Crippen LogP contribution in [0, 0.1) is 5.41 Å². The number of rotatable bonds is 5. The Kier molecular flexibility index (Phi) is 5.99. The number of aromatic nitrogens is 1. The molecule has 112 valence electrons. The van der Waals surface area contributed by atoms with Gasteiger partial charge in [0.05, 0.1) is 5.56 Å². The molecule has 1 rings (SSSR count). The molecule has 0 fully saturated rings. The first-order chi connectivity index (χ1) is 9.24. The van der Waals surface area contributed by atoms with E-state index >= 15 is 0 Å². The van der Waals surface area contributed by atoms with E-state index in [1.807, 2.05) is 13.1 Å². The highest BCUT2D eigenvalue weighted by atomic mass is 79.9. The van der Waals surface area contributed by atoms with Gasteiger partial charge in [-0.3, -0.25) is 4.79 Å². The van der Waals surface area contributed by atoms with Gasteiger partial charge in [-0.1, -0.05) is 27.7 Å². The maximum atomic E-state index is 12.6. The molecule has 1 aromatic rings. The molecule has 0 unspecified atom stereocenters. The minimum absolute atomic E-state index is 0.00710. The molecule has 0 aliphatic carbocycles. The van der Waals surface area contributed by atoms with Gasteiger partial charge in [0.25, 0.3) is 5.91 Å². The zero-order valence-electron chi connectivity index (χ0n) is 13.0. The number of carbonyl (C=O) groups excluding carboxylic acids is 1. The first-order valence-corrected chi connectivity index (χ1v) is 7.69. The topological polar surface area (TPSA) is 45.2 Å². The van der Waals surface area contributed by atoms with Crippen molar-refractivity contribution in [2.75, 3.05) is 25.5 Å². The molecule has 0 aromatic carbocycles. The number of nitrogens with zero attached hydrogens (tertiary/aromatic N) is 2. The number of pyridine rings is 1. The minimum Gasteiger partial charge on any atom is -0.369 e. The second-order valence-electron chi connectivity index (χ2n) is 6.20. The Morgan fingerprint density at radius 2 is 2.10 bits per heavy atom. The van der Waals surface area contributed by atoms with Crippen LogP contribution in [-0.2, 0) is 0 Å². The van der Waals surface area contributed by atoms with Gasteiger partial charge in [-0.15, -0.1) is 0 Å². The van der Waals surface area contributed by atoms with E-state index in [2.05, 4.69) is 53.9 Å². The molecule has 4 nitrogen and oxygen atoms in total. The van der Waals surface area contributed by atoms with Crippen molar-refractivity contribution in [1.29, 1.82) is 0 Å². The molecule has 0 radical (unpaired) electrons. The molecular formula is C15H24BrN3O. The normalized spacial score (nSPS) is 11.3. The van der Waals surface area contributed by atoms with Crippen molar-refractivity contribution in [2.24, 2.45) is 5.41 Å². The maximum absolute atomic E-state index is 12.6. The lowest BCUT2D eigenvalue weighted by atomic mass is 9.96. The van der Waals surface area contributed by atoms with E-state index in [1.165, 1.54) is 0 Å². The number of carbonyl (C=O) groups is 1. The SMILES string of the molecule is CCCNc1ncc(Br)cc1C(=O)N(C)CC(C)(C)C. The van der Waals surface area contributed by atoms with Crippen LogP contribution in [0.15, 0.2) is 16.7 Å². The van der Waals surface area contributed by atoms with Crippen molar-refractivity contribution < 1.29 is 4.79 Å². The van der Waals surface area contributed by atoms with Crippen molar-refractivity contribution in [3.63, 3.8) is 0 Å². The molecule has 1 amide bonds. The van der Waals surface area contributed by atoms with Crippen LogP contribution in [0.1, 0.15) is 44.5 Å². The summed E-state index contributed by atoms with van der Waals surface area (Å²) in [4.78, 5) is 18.6. The van der Waals surface area contributed by atoms with Gasteiger partial charge in [-0.05, 0) is 33.8 Å². The zero-order chi connectivity index (χ0) is 15.3. The second kappa shape index (κ2) is 7.07. The molecule has 0 saturated carbocycles. The van der Waals surface area contributed by atoms with E-state index in [9.17, 15) is 4.79 Å². The van der Waals surface area contributed by atoms with Crippen molar-refractivity contribution in [2.45, 2.75) is 34.1 Å². The number of nitrogens with one attached hydrogen (secondary N) is 1. The van der Waals surface area contributed by atoms with Crippen LogP contribution in [0.3, 0.4) is 0 Å². The van der Waals surface area contributed by atoms with Crippen molar-refractivity contribution >= 4 is 27.7 Å². The third-order valence-electron chi connectivity index (χ3n) is 2.69. The summed E-state index contributed by atoms with van der Waals surface area (Å²) in [5.41, 5.74) is 0.681. The van der Waals surface area contributed by atoms with Gasteiger partial charge in [0.15, 0.2) is 0 Å². The summed E-state index contributed by atoms with van der Waals surface area (Å²) in [6.07, 6.45) is 2.70. The molecule has 1 N–H and O–H groups in total. The largest absolute Gasteiger partial charge is 0.369 e. The fraction of sp³-hybridized carbons (Fsp3) is 0.600. The van der Waals surface area contributed by atoms with E-state index in [1.54, 1.807) is 11.1 Å². The third-order valence-corrected chi connectivity index (χ3v) is 3.12. The molecule has 0 aliphatic rings. The van der Waals surface area contributed by atoms with E-state index in [0.717, 1.165) is 17.4 Å². The van der Waals surface area contributed by atoms with Gasteiger partial charge in [0, 0.05) is 30.8 Å². The van der Waals surface area contributed by atoms with Crippen LogP contribution < -0.4 is 5.32 Å². The Bertz CT molecular complexity index is 469. The van der Waals surface area contributed by atoms with Crippen LogP contribution in [0.4, 0.5) is 5.82 Å². The van der Waals surface area contributed by atoms with E-state index < -0.39 is 0 Å². The Hall–Kier alpha value is -1.10. The van der Waals surface area contributed by atoms with Gasteiger partial charge in [-0.2, -0.15) is 0 Å². The predicted molar refractivity (Wildman–Crippen MR) is 87.1 cm³/mol. The van der Waals surface area contributed by atoms with Crippen LogP contribution in [0.5, 0.6) is 0 Å². The molecule has 0 atom stereocenters. The lowest BCUT2D eigenvalue weighted by Gasteiger charge is -2.27. The van der Waals surface area contributed by atoms with Crippen LogP contribution in [0.25, 0.3) is 0 Å². The van der Waals surface area contributed by atoms with Crippen LogP contribution in [-0.4, -0.2) is 35.9 Å². The first-order valence-electron chi connectivity index (χ1n) is 6.89. The number of anilines is 1. The molecule has 5 heteroatoms. The molecular weight excluding hydrogens is 318 g/mol. The molecule has 1 heterocycles. The summed E-state index contributed by atoms with van der Waals surface area (Å²) in [6.45, 7) is 9.94. The van der Waals surface area contributed by atoms with E-state index in [0.29, 0.717) is 17.9 Å². The molecule has 20 heavy (non-hydrogen) atoms. The smallest absolute Gasteiger partial charge is 0.257 e. The molecule has 0 spiro atoms. The standard InChI is InChI=1S/C15H24BrN3O/c1-6-7-17-13-12(8-11(16)9-18-13)14(20)19(5)10-15(2,3)4/h8-9H,6-7,10H2,1-5H3,(H,17,18). The minimum atomic E-state index is -0.00710. The number of amides is 1. The van der Waals surface area contributed by atoms with E-state index in [4.69, 9.17) is 0 Å². The fourth-order valence-electron chi connectivity index (χ4n) is 1.98. The number of hydrogen-bond donors (Lipinski definition) is 1. The number of hydrogen-bond acceptors (Lipinski definition) is 3. The Balaban J connectivity index is 2.98. The molecule has 1 aromatic heterocycles. The molecule has 0 aliphatic heterocycles. The van der Waals surface area contributed by atoms with Gasteiger partial charge in [0.1, 0.15) is 5.82 Å². The van der Waals surface area contributed by atoms with Crippen molar-refractivity contribution in [3.8, 4) is 0 Å². The van der Waals surface area contributed by atoms with Crippen LogP contribution >= 0.6 is 15.9 Å². The van der Waals surface area contributed by atoms with Gasteiger partial charge in [0.2, 0.25) is 0 Å². The van der Waals surface area contributed by atoms with Crippen molar-refractivity contribution in [3.05, 3.63) is 22.3 Å². The van der Waals surface area contributed by atoms with Gasteiger partial charge in [-0.25, -0.2) is 4.98 Å². The van der Waals surface area contributed by atoms with Crippen molar-refractivity contribution in [1.82, 2.24) is 9.88 Å². The van der Waals surface area contributed by atoms with Gasteiger partial charge >= 0.3 is 0 Å². The lowest BCUT2D eigenvalue weighted by Crippen LogP contribution is -2.35. The first kappa shape index (κ1) is 17.0. The highest BCUT2D eigenvalue weighted by Crippen LogP contribution is 2.22. The van der Waals surface area contributed by atoms with Crippen LogP contribution in [0.2, 0.25) is 0 Å². The molecule has 0 saturated heterocycles. The Morgan fingerprint density at radius 1 is 1.45 bits per heavy atom. The highest BCUT2D eigenvalue weighted by molar-refractivity contribution is 9.10. The zero-order valence-corrected chi connectivity index (χ0v) is 14.5. The Morgan fingerprint density at radius 3 is 2.65 bits per heavy atom. The molecule has 0 bridgehead atoms. The maximum Gasteiger partial charge on any atom is 0.257 e. The Labute approximate surface area is 130 Å².